The molecule has 0 radical (unpaired) electrons. The van der Waals surface area contributed by atoms with Crippen molar-refractivity contribution >= 4 is 17.4 Å². The molecule has 0 bridgehead atoms. The van der Waals surface area contributed by atoms with Crippen LogP contribution in [0.1, 0.15) is 47.4 Å². The van der Waals surface area contributed by atoms with Gasteiger partial charge in [0.15, 0.2) is 5.69 Å². The van der Waals surface area contributed by atoms with E-state index in [1.165, 1.54) is 4.40 Å². The summed E-state index contributed by atoms with van der Waals surface area (Å²) < 4.78 is 40.4. The summed E-state index contributed by atoms with van der Waals surface area (Å²) in [6.45, 7) is 1.80. The fourth-order valence-corrected chi connectivity index (χ4v) is 3.84. The van der Waals surface area contributed by atoms with Crippen molar-refractivity contribution in [1.29, 1.82) is 0 Å². The maximum absolute atomic E-state index is 13.0. The molecule has 9 heteroatoms. The molecular formula is C23H24F3N5O. The van der Waals surface area contributed by atoms with Crippen LogP contribution < -0.4 is 10.6 Å². The maximum atomic E-state index is 13.0. The zero-order valence-corrected chi connectivity index (χ0v) is 17.6. The highest BCUT2D eigenvalue weighted by atomic mass is 19.4. The van der Waals surface area contributed by atoms with E-state index in [9.17, 15) is 18.0 Å². The fourth-order valence-electron chi connectivity index (χ4n) is 3.84. The van der Waals surface area contributed by atoms with Crippen molar-refractivity contribution in [3.63, 3.8) is 0 Å². The summed E-state index contributed by atoms with van der Waals surface area (Å²) in [5, 5.41) is 6.40. The number of carbonyl (C=O) groups is 1. The smallest absolute Gasteiger partial charge is 0.368 e. The Hall–Kier alpha value is -3.54. The van der Waals surface area contributed by atoms with Gasteiger partial charge in [-0.1, -0.05) is 6.07 Å². The quantitative estimate of drug-likeness (QED) is 0.584. The summed E-state index contributed by atoms with van der Waals surface area (Å²) >= 11 is 0. The van der Waals surface area contributed by atoms with Gasteiger partial charge in [-0.3, -0.25) is 14.2 Å². The number of amides is 1. The number of carbonyl (C=O) groups excluding carboxylic acids is 1. The number of halogens is 3. The number of rotatable bonds is 4. The van der Waals surface area contributed by atoms with E-state index in [1.807, 2.05) is 0 Å². The van der Waals surface area contributed by atoms with Crippen molar-refractivity contribution in [1.82, 2.24) is 19.7 Å². The molecule has 168 valence electrons. The predicted octanol–water partition coefficient (Wildman–Crippen LogP) is 4.46. The molecule has 0 aliphatic heterocycles. The van der Waals surface area contributed by atoms with Gasteiger partial charge in [0.2, 0.25) is 0 Å². The second kappa shape index (κ2) is 9.73. The molecular weight excluding hydrogens is 419 g/mol. The molecule has 32 heavy (non-hydrogen) atoms. The van der Waals surface area contributed by atoms with Gasteiger partial charge in [0, 0.05) is 30.2 Å². The van der Waals surface area contributed by atoms with Gasteiger partial charge in [0.25, 0.3) is 5.91 Å². The number of alkyl halides is 3. The molecule has 3 aromatic heterocycles. The molecule has 3 heterocycles. The van der Waals surface area contributed by atoms with Gasteiger partial charge in [0.1, 0.15) is 11.5 Å². The number of anilines is 1. The predicted molar refractivity (Wildman–Crippen MR) is 116 cm³/mol. The van der Waals surface area contributed by atoms with Crippen molar-refractivity contribution in [3.8, 4) is 12.8 Å². The summed E-state index contributed by atoms with van der Waals surface area (Å²) in [5.41, 5.74) is 0.607. The lowest BCUT2D eigenvalue weighted by atomic mass is 9.91. The summed E-state index contributed by atoms with van der Waals surface area (Å²) in [4.78, 5) is 20.3. The number of hydrogen-bond acceptors (Lipinski definition) is 4. The Bertz CT molecular complexity index is 1100. The number of pyridine rings is 2. The lowest BCUT2D eigenvalue weighted by Gasteiger charge is -2.30. The Kier molecular flexibility index (Phi) is 7.03. The number of nitrogens with one attached hydrogen (secondary N) is 2. The first kappa shape index (κ1) is 23.1. The van der Waals surface area contributed by atoms with Gasteiger partial charge in [-0.05, 0) is 56.9 Å². The highest BCUT2D eigenvalue weighted by Gasteiger charge is 2.34. The third-order valence-electron chi connectivity index (χ3n) is 5.45. The van der Waals surface area contributed by atoms with Crippen molar-refractivity contribution in [2.75, 3.05) is 5.32 Å². The van der Waals surface area contributed by atoms with Crippen LogP contribution >= 0.6 is 0 Å². The van der Waals surface area contributed by atoms with E-state index in [0.29, 0.717) is 17.1 Å². The van der Waals surface area contributed by atoms with Gasteiger partial charge in [-0.25, -0.2) is 4.98 Å². The zero-order chi connectivity index (χ0) is 23.3. The number of imidazole rings is 1. The minimum Gasteiger partial charge on any atom is -0.368 e. The Morgan fingerprint density at radius 3 is 2.44 bits per heavy atom. The molecule has 1 aliphatic carbocycles. The van der Waals surface area contributed by atoms with Crippen LogP contribution in [0.3, 0.4) is 0 Å². The lowest BCUT2D eigenvalue weighted by Crippen LogP contribution is -2.40. The second-order valence-electron chi connectivity index (χ2n) is 7.57. The molecule has 0 spiro atoms. The van der Waals surface area contributed by atoms with Crippen molar-refractivity contribution in [2.24, 2.45) is 0 Å². The van der Waals surface area contributed by atoms with Crippen LogP contribution in [0.15, 0.2) is 42.7 Å². The van der Waals surface area contributed by atoms with E-state index in [-0.39, 0.29) is 23.6 Å². The molecule has 4 rings (SSSR count). The monoisotopic (exact) mass is 443 g/mol. The number of nitrogens with zero attached hydrogens (tertiary/aromatic N) is 3. The summed E-state index contributed by atoms with van der Waals surface area (Å²) in [7, 11) is 0. The molecule has 0 atom stereocenters. The highest BCUT2D eigenvalue weighted by molar-refractivity contribution is 5.95. The van der Waals surface area contributed by atoms with Crippen LogP contribution in [-0.2, 0) is 6.18 Å². The van der Waals surface area contributed by atoms with Crippen molar-refractivity contribution in [3.05, 3.63) is 59.7 Å². The first-order valence-electron chi connectivity index (χ1n) is 10.2. The SMILES string of the molecule is C#C.Cc1ncccc1C(=O)NC1CCC(Nc2cccc3nc(C(F)(F)F)cn23)CC1. The van der Waals surface area contributed by atoms with E-state index < -0.39 is 11.9 Å². The van der Waals surface area contributed by atoms with E-state index >= 15 is 0 Å². The van der Waals surface area contributed by atoms with Crippen LogP contribution in [0, 0.1) is 19.8 Å². The van der Waals surface area contributed by atoms with E-state index in [2.05, 4.69) is 33.4 Å². The highest BCUT2D eigenvalue weighted by Crippen LogP contribution is 2.30. The third kappa shape index (κ3) is 5.19. The molecule has 6 nitrogen and oxygen atoms in total. The van der Waals surface area contributed by atoms with Crippen LogP contribution in [-0.4, -0.2) is 32.4 Å². The Morgan fingerprint density at radius 1 is 1.09 bits per heavy atom. The minimum absolute atomic E-state index is 0.0658. The summed E-state index contributed by atoms with van der Waals surface area (Å²) in [6, 6.07) is 8.65. The van der Waals surface area contributed by atoms with E-state index in [4.69, 9.17) is 0 Å². The van der Waals surface area contributed by atoms with Crippen LogP contribution in [0.25, 0.3) is 5.65 Å². The molecule has 1 amide bonds. The standard InChI is InChI=1S/C21H22F3N5O.C2H2/c1-13-16(4-3-11-25-13)20(30)27-15-9-7-14(8-10-15)26-18-5-2-6-19-28-17(12-29(18)19)21(22,23)24;1-2/h2-6,11-12,14-15,26H,7-10H2,1H3,(H,27,30);1-2H. The molecule has 0 saturated heterocycles. The first-order chi connectivity index (χ1) is 15.3. The largest absolute Gasteiger partial charge is 0.434 e. The van der Waals surface area contributed by atoms with E-state index in [1.54, 1.807) is 43.5 Å². The lowest BCUT2D eigenvalue weighted by molar-refractivity contribution is -0.140. The first-order valence-corrected chi connectivity index (χ1v) is 10.2. The number of terminal acetylenes is 1. The normalized spacial score (nSPS) is 18.4. The molecule has 2 N–H and O–H groups in total. The molecule has 3 aromatic rings. The summed E-state index contributed by atoms with van der Waals surface area (Å²) in [6.07, 6.45) is 9.36. The average molecular weight is 443 g/mol. The van der Waals surface area contributed by atoms with Crippen LogP contribution in [0.5, 0.6) is 0 Å². The number of aryl methyl sites for hydroxylation is 1. The molecule has 1 aliphatic rings. The average Bonchev–Trinajstić information content (AvgIpc) is 3.23. The number of hydrogen-bond donors (Lipinski definition) is 2. The third-order valence-corrected chi connectivity index (χ3v) is 5.45. The van der Waals surface area contributed by atoms with Gasteiger partial charge < -0.3 is 10.6 Å². The number of aromatic nitrogens is 3. The van der Waals surface area contributed by atoms with Crippen molar-refractivity contribution in [2.45, 2.75) is 50.9 Å². The minimum atomic E-state index is -4.48. The second-order valence-corrected chi connectivity index (χ2v) is 7.57. The van der Waals surface area contributed by atoms with Crippen LogP contribution in [0.4, 0.5) is 19.0 Å². The fraction of sp³-hybridized carbons (Fsp3) is 0.348. The topological polar surface area (TPSA) is 71.3 Å². The summed E-state index contributed by atoms with van der Waals surface area (Å²) in [5.74, 6) is 0.453. The zero-order valence-electron chi connectivity index (χ0n) is 17.6. The molecule has 0 unspecified atom stereocenters. The van der Waals surface area contributed by atoms with Gasteiger partial charge in [-0.2, -0.15) is 13.2 Å². The maximum Gasteiger partial charge on any atom is 0.434 e. The Labute approximate surface area is 184 Å². The molecule has 1 saturated carbocycles. The van der Waals surface area contributed by atoms with E-state index in [0.717, 1.165) is 31.9 Å². The van der Waals surface area contributed by atoms with Gasteiger partial charge in [-0.15, -0.1) is 12.8 Å². The number of fused-ring (bicyclic) bond motifs is 1. The van der Waals surface area contributed by atoms with Gasteiger partial charge >= 0.3 is 6.18 Å². The van der Waals surface area contributed by atoms with Crippen molar-refractivity contribution < 1.29 is 18.0 Å². The molecule has 1 fully saturated rings. The van der Waals surface area contributed by atoms with Crippen LogP contribution in [0.2, 0.25) is 0 Å². The Balaban J connectivity index is 0.00000141. The Morgan fingerprint density at radius 2 is 1.78 bits per heavy atom. The molecule has 0 aromatic carbocycles. The van der Waals surface area contributed by atoms with Gasteiger partial charge in [0.05, 0.1) is 5.56 Å².